The Morgan fingerprint density at radius 1 is 1.04 bits per heavy atom. The third-order valence-electron chi connectivity index (χ3n) is 4.06. The highest BCUT2D eigenvalue weighted by Crippen LogP contribution is 2.19. The van der Waals surface area contributed by atoms with Crippen LogP contribution in [0.15, 0.2) is 48.5 Å². The summed E-state index contributed by atoms with van der Waals surface area (Å²) in [4.78, 5) is 13.0. The predicted octanol–water partition coefficient (Wildman–Crippen LogP) is 3.24. The van der Waals surface area contributed by atoms with Gasteiger partial charge in [-0.25, -0.2) is 4.79 Å². The Balaban J connectivity index is 1.71. The summed E-state index contributed by atoms with van der Waals surface area (Å²) < 4.78 is 16.4. The van der Waals surface area contributed by atoms with Crippen LogP contribution in [0.2, 0.25) is 0 Å². The molecule has 0 aromatic heterocycles. The van der Waals surface area contributed by atoms with Gasteiger partial charge in [0.05, 0.1) is 13.2 Å². The Labute approximate surface area is 160 Å². The molecular weight excluding hydrogens is 346 g/mol. The number of nitrogens with zero attached hydrogens (tertiary/aromatic N) is 1. The first-order valence-electron chi connectivity index (χ1n) is 8.87. The quantitative estimate of drug-likeness (QED) is 0.610. The molecule has 0 bridgehead atoms. The lowest BCUT2D eigenvalue weighted by Gasteiger charge is -2.14. The first-order chi connectivity index (χ1) is 13.0. The minimum atomic E-state index is -0.964. The molecule has 6 nitrogen and oxygen atoms in total. The molecule has 0 saturated heterocycles. The SMILES string of the molecule is COC(Cc1ccc(OCCCOc2cccc(N(C)C)c2)cc1)C(=O)O. The normalized spacial score (nSPS) is 11.7. The first-order valence-corrected chi connectivity index (χ1v) is 8.87. The third-order valence-corrected chi connectivity index (χ3v) is 4.06. The van der Waals surface area contributed by atoms with E-state index < -0.39 is 12.1 Å². The smallest absolute Gasteiger partial charge is 0.333 e. The zero-order valence-corrected chi connectivity index (χ0v) is 16.1. The number of anilines is 1. The fourth-order valence-corrected chi connectivity index (χ4v) is 2.50. The number of hydrogen-bond acceptors (Lipinski definition) is 5. The Bertz CT molecular complexity index is 715. The van der Waals surface area contributed by atoms with Crippen molar-refractivity contribution in [2.24, 2.45) is 0 Å². The second kappa shape index (κ2) is 10.4. The molecule has 0 fully saturated rings. The van der Waals surface area contributed by atoms with Gasteiger partial charge >= 0.3 is 5.97 Å². The second-order valence-electron chi connectivity index (χ2n) is 6.35. The summed E-state index contributed by atoms with van der Waals surface area (Å²) >= 11 is 0. The number of rotatable bonds is 11. The van der Waals surface area contributed by atoms with Crippen molar-refractivity contribution >= 4 is 11.7 Å². The van der Waals surface area contributed by atoms with E-state index in [9.17, 15) is 4.79 Å². The summed E-state index contributed by atoms with van der Waals surface area (Å²) in [6.45, 7) is 1.12. The number of benzene rings is 2. The zero-order chi connectivity index (χ0) is 19.6. The molecule has 0 amide bonds. The molecular formula is C21H27NO5. The molecule has 0 radical (unpaired) electrons. The molecule has 0 spiro atoms. The number of ether oxygens (including phenoxy) is 3. The van der Waals surface area contributed by atoms with Gasteiger partial charge in [-0.3, -0.25) is 0 Å². The van der Waals surface area contributed by atoms with Gasteiger partial charge in [0.1, 0.15) is 11.5 Å². The van der Waals surface area contributed by atoms with E-state index in [0.29, 0.717) is 19.6 Å². The number of aliphatic carboxylic acids is 1. The van der Waals surface area contributed by atoms with E-state index in [1.165, 1.54) is 7.11 Å². The fraction of sp³-hybridized carbons (Fsp3) is 0.381. The van der Waals surface area contributed by atoms with Gasteiger partial charge in [0.2, 0.25) is 0 Å². The number of methoxy groups -OCH3 is 1. The van der Waals surface area contributed by atoms with Gasteiger partial charge in [-0.15, -0.1) is 0 Å². The van der Waals surface area contributed by atoms with Crippen LogP contribution in [0.25, 0.3) is 0 Å². The largest absolute Gasteiger partial charge is 0.493 e. The topological polar surface area (TPSA) is 68.2 Å². The lowest BCUT2D eigenvalue weighted by molar-refractivity contribution is -0.148. The van der Waals surface area contributed by atoms with Gasteiger partial charge in [-0.2, -0.15) is 0 Å². The molecule has 0 aliphatic carbocycles. The minimum Gasteiger partial charge on any atom is -0.493 e. The highest BCUT2D eigenvalue weighted by Gasteiger charge is 2.16. The number of carboxylic acids is 1. The van der Waals surface area contributed by atoms with Crippen LogP contribution >= 0.6 is 0 Å². The van der Waals surface area contributed by atoms with E-state index in [4.69, 9.17) is 19.3 Å². The highest BCUT2D eigenvalue weighted by atomic mass is 16.5. The van der Waals surface area contributed by atoms with Crippen molar-refractivity contribution in [1.29, 1.82) is 0 Å². The molecule has 0 saturated carbocycles. The average molecular weight is 373 g/mol. The fourth-order valence-electron chi connectivity index (χ4n) is 2.50. The molecule has 0 heterocycles. The van der Waals surface area contributed by atoms with Crippen molar-refractivity contribution in [3.8, 4) is 11.5 Å². The molecule has 2 aromatic carbocycles. The minimum absolute atomic E-state index is 0.325. The lowest BCUT2D eigenvalue weighted by atomic mass is 10.1. The Morgan fingerprint density at radius 3 is 2.30 bits per heavy atom. The summed E-state index contributed by atoms with van der Waals surface area (Å²) in [6.07, 6.45) is 0.255. The number of hydrogen-bond donors (Lipinski definition) is 1. The second-order valence-corrected chi connectivity index (χ2v) is 6.35. The monoisotopic (exact) mass is 373 g/mol. The standard InChI is InChI=1S/C21H27NO5/c1-22(2)17-6-4-7-19(15-17)27-13-5-12-26-18-10-8-16(9-11-18)14-20(25-3)21(23)24/h4,6-11,15,20H,5,12-14H2,1-3H3,(H,23,24). The molecule has 2 aromatic rings. The van der Waals surface area contributed by atoms with E-state index >= 15 is 0 Å². The van der Waals surface area contributed by atoms with E-state index in [-0.39, 0.29) is 0 Å². The molecule has 0 aliphatic rings. The molecule has 0 aliphatic heterocycles. The van der Waals surface area contributed by atoms with Crippen molar-refractivity contribution < 1.29 is 24.1 Å². The van der Waals surface area contributed by atoms with Gasteiger partial charge in [-0.05, 0) is 29.8 Å². The van der Waals surface area contributed by atoms with Gasteiger partial charge in [0, 0.05) is 45.8 Å². The summed E-state index contributed by atoms with van der Waals surface area (Å²) in [6, 6.07) is 15.3. The van der Waals surface area contributed by atoms with Crippen LogP contribution in [0.1, 0.15) is 12.0 Å². The maximum Gasteiger partial charge on any atom is 0.333 e. The summed E-state index contributed by atoms with van der Waals surface area (Å²) in [7, 11) is 5.39. The summed E-state index contributed by atoms with van der Waals surface area (Å²) in [5.41, 5.74) is 1.99. The molecule has 1 atom stereocenters. The van der Waals surface area contributed by atoms with Gasteiger partial charge in [0.15, 0.2) is 6.10 Å². The number of carboxylic acid groups (broad SMARTS) is 1. The van der Waals surface area contributed by atoms with Crippen molar-refractivity contribution in [1.82, 2.24) is 0 Å². The molecule has 6 heteroatoms. The molecule has 2 rings (SSSR count). The van der Waals surface area contributed by atoms with E-state index in [1.807, 2.05) is 67.5 Å². The van der Waals surface area contributed by atoms with Crippen molar-refractivity contribution in [3.05, 3.63) is 54.1 Å². The molecule has 1 unspecified atom stereocenters. The summed E-state index contributed by atoms with van der Waals surface area (Å²) in [5, 5.41) is 9.02. The number of carbonyl (C=O) groups is 1. The van der Waals surface area contributed by atoms with E-state index in [1.54, 1.807) is 0 Å². The predicted molar refractivity (Wildman–Crippen MR) is 105 cm³/mol. The van der Waals surface area contributed by atoms with Crippen LogP contribution in [0.5, 0.6) is 11.5 Å². The van der Waals surface area contributed by atoms with Gasteiger partial charge in [0.25, 0.3) is 0 Å². The van der Waals surface area contributed by atoms with Gasteiger partial charge < -0.3 is 24.2 Å². The molecule has 146 valence electrons. The van der Waals surface area contributed by atoms with Gasteiger partial charge in [-0.1, -0.05) is 18.2 Å². The average Bonchev–Trinajstić information content (AvgIpc) is 2.67. The third kappa shape index (κ3) is 6.83. The first kappa shape index (κ1) is 20.6. The van der Waals surface area contributed by atoms with Crippen LogP contribution in [0.4, 0.5) is 5.69 Å². The van der Waals surface area contributed by atoms with E-state index in [0.717, 1.165) is 29.2 Å². The van der Waals surface area contributed by atoms with Crippen molar-refractivity contribution in [3.63, 3.8) is 0 Å². The highest BCUT2D eigenvalue weighted by molar-refractivity contribution is 5.72. The van der Waals surface area contributed by atoms with E-state index in [2.05, 4.69) is 0 Å². The van der Waals surface area contributed by atoms with Crippen LogP contribution in [0, 0.1) is 0 Å². The Hall–Kier alpha value is -2.73. The molecule has 27 heavy (non-hydrogen) atoms. The van der Waals surface area contributed by atoms with Crippen molar-refractivity contribution in [2.45, 2.75) is 18.9 Å². The Morgan fingerprint density at radius 2 is 1.70 bits per heavy atom. The zero-order valence-electron chi connectivity index (χ0n) is 16.1. The lowest BCUT2D eigenvalue weighted by Crippen LogP contribution is -2.24. The van der Waals surface area contributed by atoms with Crippen LogP contribution in [-0.4, -0.2) is 51.6 Å². The van der Waals surface area contributed by atoms with Crippen LogP contribution < -0.4 is 14.4 Å². The van der Waals surface area contributed by atoms with Crippen LogP contribution in [0.3, 0.4) is 0 Å². The molecule has 1 N–H and O–H groups in total. The maximum atomic E-state index is 11.0. The Kier molecular flexibility index (Phi) is 7.95. The maximum absolute atomic E-state index is 11.0. The summed E-state index contributed by atoms with van der Waals surface area (Å²) in [5.74, 6) is 0.628. The van der Waals surface area contributed by atoms with Crippen molar-refractivity contribution in [2.75, 3.05) is 39.3 Å². The van der Waals surface area contributed by atoms with Crippen LogP contribution in [-0.2, 0) is 16.0 Å².